The molecule has 1 aromatic rings. The molecule has 0 fully saturated rings. The van der Waals surface area contributed by atoms with Gasteiger partial charge in [0.05, 0.1) is 6.54 Å². The summed E-state index contributed by atoms with van der Waals surface area (Å²) in [6.07, 6.45) is -1.44. The Bertz CT molecular complexity index is 687. The lowest BCUT2D eigenvalue weighted by molar-refractivity contribution is 0.0545. The highest BCUT2D eigenvalue weighted by Gasteiger charge is 2.21. The van der Waals surface area contributed by atoms with Gasteiger partial charge in [-0.3, -0.25) is 10.6 Å². The van der Waals surface area contributed by atoms with Crippen molar-refractivity contribution in [1.82, 2.24) is 10.6 Å². The average Bonchev–Trinajstić information content (AvgIpc) is 2.44. The number of guanidine groups is 1. The smallest absolute Gasteiger partial charge is 0.414 e. The first kappa shape index (κ1) is 23.0. The van der Waals surface area contributed by atoms with E-state index in [0.717, 1.165) is 15.6 Å². The van der Waals surface area contributed by atoms with Gasteiger partial charge in [0.25, 0.3) is 0 Å². The van der Waals surface area contributed by atoms with E-state index < -0.39 is 23.4 Å². The number of amides is 2. The normalized spacial score (nSPS) is 11.4. The molecule has 0 saturated heterocycles. The van der Waals surface area contributed by atoms with Crippen LogP contribution < -0.4 is 10.6 Å². The van der Waals surface area contributed by atoms with Gasteiger partial charge < -0.3 is 9.47 Å². The van der Waals surface area contributed by atoms with Gasteiger partial charge in [-0.05, 0) is 65.7 Å². The molecule has 0 radical (unpaired) electrons. The molecule has 0 aliphatic carbocycles. The quantitative estimate of drug-likeness (QED) is 0.515. The largest absolute Gasteiger partial charge is 0.444 e. The van der Waals surface area contributed by atoms with Crippen LogP contribution in [0.2, 0.25) is 0 Å². The van der Waals surface area contributed by atoms with Crippen molar-refractivity contribution < 1.29 is 19.1 Å². The molecule has 0 aromatic heterocycles. The number of halogens is 1. The third-order valence-electron chi connectivity index (χ3n) is 2.89. The van der Waals surface area contributed by atoms with Gasteiger partial charge >= 0.3 is 12.2 Å². The maximum absolute atomic E-state index is 12.0. The number of aryl methyl sites for hydroxylation is 1. The van der Waals surface area contributed by atoms with E-state index in [2.05, 4.69) is 31.6 Å². The second kappa shape index (κ2) is 9.21. The Balaban J connectivity index is 2.92. The summed E-state index contributed by atoms with van der Waals surface area (Å²) in [6.45, 7) is 12.7. The Hall–Kier alpha value is -2.09. The Morgan fingerprint density at radius 3 is 1.89 bits per heavy atom. The molecule has 0 aliphatic rings. The molecule has 1 rings (SSSR count). The number of aliphatic imine (C=N–C) groups is 1. The molecular formula is C19H28BrN3O4. The standard InChI is InChI=1S/C19H28BrN3O4/c1-12-8-9-13(10-14(12)20)11-21-15(22-16(24)26-18(2,3)4)23-17(25)27-19(5,6)7/h8-10H,11H2,1-7H3,(H2,21,22,23,24,25). The number of carbonyl (C=O) groups excluding carboxylic acids is 2. The number of ether oxygens (including phenoxy) is 2. The van der Waals surface area contributed by atoms with Gasteiger partial charge in [-0.2, -0.15) is 0 Å². The summed E-state index contributed by atoms with van der Waals surface area (Å²) in [4.78, 5) is 28.3. The minimum absolute atomic E-state index is 0.0461. The molecule has 7 nitrogen and oxygen atoms in total. The van der Waals surface area contributed by atoms with E-state index in [0.29, 0.717) is 0 Å². The fourth-order valence-corrected chi connectivity index (χ4v) is 2.24. The van der Waals surface area contributed by atoms with Crippen molar-refractivity contribution in [2.24, 2.45) is 4.99 Å². The van der Waals surface area contributed by atoms with Crippen molar-refractivity contribution in [3.8, 4) is 0 Å². The molecule has 0 heterocycles. The minimum atomic E-state index is -0.720. The first-order valence-corrected chi connectivity index (χ1v) is 9.34. The average molecular weight is 442 g/mol. The number of alkyl carbamates (subject to hydrolysis) is 2. The number of hydrogen-bond donors (Lipinski definition) is 2. The molecule has 0 bridgehead atoms. The molecule has 8 heteroatoms. The minimum Gasteiger partial charge on any atom is -0.444 e. The van der Waals surface area contributed by atoms with Crippen molar-refractivity contribution in [3.63, 3.8) is 0 Å². The number of benzene rings is 1. The fourth-order valence-electron chi connectivity index (χ4n) is 1.82. The van der Waals surface area contributed by atoms with Crippen LogP contribution in [0.25, 0.3) is 0 Å². The van der Waals surface area contributed by atoms with Gasteiger partial charge in [0, 0.05) is 4.47 Å². The van der Waals surface area contributed by atoms with Crippen LogP contribution in [-0.4, -0.2) is 29.3 Å². The summed E-state index contributed by atoms with van der Waals surface area (Å²) in [5.41, 5.74) is 0.648. The number of nitrogens with zero attached hydrogens (tertiary/aromatic N) is 1. The first-order valence-electron chi connectivity index (χ1n) is 8.55. The second-order valence-electron chi connectivity index (χ2n) is 8.00. The summed E-state index contributed by atoms with van der Waals surface area (Å²) in [5, 5.41) is 4.90. The van der Waals surface area contributed by atoms with E-state index in [9.17, 15) is 9.59 Å². The molecule has 0 aliphatic heterocycles. The Kier molecular flexibility index (Phi) is 7.83. The maximum Gasteiger partial charge on any atom is 0.414 e. The molecule has 27 heavy (non-hydrogen) atoms. The topological polar surface area (TPSA) is 89.0 Å². The number of carbonyl (C=O) groups is 2. The summed E-state index contributed by atoms with van der Waals surface area (Å²) in [6, 6.07) is 5.80. The Morgan fingerprint density at radius 1 is 1.00 bits per heavy atom. The highest BCUT2D eigenvalue weighted by Crippen LogP contribution is 2.18. The van der Waals surface area contributed by atoms with Crippen molar-refractivity contribution in [3.05, 3.63) is 33.8 Å². The van der Waals surface area contributed by atoms with Crippen LogP contribution in [0.1, 0.15) is 52.7 Å². The zero-order chi connectivity index (χ0) is 20.8. The predicted octanol–water partition coefficient (Wildman–Crippen LogP) is 4.66. The molecule has 1 aromatic carbocycles. The SMILES string of the molecule is Cc1ccc(CN=C(NC(=O)OC(C)(C)C)NC(=O)OC(C)(C)C)cc1Br. The van der Waals surface area contributed by atoms with Crippen LogP contribution in [0.5, 0.6) is 0 Å². The lowest BCUT2D eigenvalue weighted by Gasteiger charge is -2.22. The lowest BCUT2D eigenvalue weighted by Crippen LogP contribution is -2.47. The monoisotopic (exact) mass is 441 g/mol. The van der Waals surface area contributed by atoms with Gasteiger partial charge in [0.2, 0.25) is 5.96 Å². The van der Waals surface area contributed by atoms with Crippen LogP contribution >= 0.6 is 15.9 Å². The van der Waals surface area contributed by atoms with Crippen molar-refractivity contribution in [2.45, 2.75) is 66.2 Å². The van der Waals surface area contributed by atoms with Gasteiger partial charge in [-0.25, -0.2) is 14.6 Å². The fraction of sp³-hybridized carbons (Fsp3) is 0.526. The van der Waals surface area contributed by atoms with E-state index in [-0.39, 0.29) is 12.5 Å². The predicted molar refractivity (Wildman–Crippen MR) is 109 cm³/mol. The summed E-state index contributed by atoms with van der Waals surface area (Å²) >= 11 is 3.47. The molecule has 150 valence electrons. The molecule has 2 amide bonds. The van der Waals surface area contributed by atoms with Gasteiger partial charge in [0.1, 0.15) is 11.2 Å². The number of nitrogens with one attached hydrogen (secondary N) is 2. The molecule has 0 saturated carbocycles. The zero-order valence-electron chi connectivity index (χ0n) is 16.9. The Labute approximate surface area is 169 Å². The summed E-state index contributed by atoms with van der Waals surface area (Å²) in [7, 11) is 0. The van der Waals surface area contributed by atoms with Crippen LogP contribution in [0, 0.1) is 6.92 Å². The van der Waals surface area contributed by atoms with E-state index in [1.807, 2.05) is 25.1 Å². The van der Waals surface area contributed by atoms with Crippen LogP contribution in [0.3, 0.4) is 0 Å². The van der Waals surface area contributed by atoms with Gasteiger partial charge in [-0.1, -0.05) is 28.1 Å². The number of hydrogen-bond acceptors (Lipinski definition) is 5. The van der Waals surface area contributed by atoms with E-state index in [1.54, 1.807) is 41.5 Å². The van der Waals surface area contributed by atoms with Crippen molar-refractivity contribution >= 4 is 34.1 Å². The second-order valence-corrected chi connectivity index (χ2v) is 8.86. The van der Waals surface area contributed by atoms with Crippen LogP contribution in [0.15, 0.2) is 27.7 Å². The highest BCUT2D eigenvalue weighted by molar-refractivity contribution is 9.10. The molecule has 2 N–H and O–H groups in total. The highest BCUT2D eigenvalue weighted by atomic mass is 79.9. The van der Waals surface area contributed by atoms with Crippen LogP contribution in [0.4, 0.5) is 9.59 Å². The first-order chi connectivity index (χ1) is 12.2. The summed E-state index contributed by atoms with van der Waals surface area (Å²) < 4.78 is 11.4. The lowest BCUT2D eigenvalue weighted by atomic mass is 10.1. The van der Waals surface area contributed by atoms with Crippen molar-refractivity contribution in [1.29, 1.82) is 0 Å². The Morgan fingerprint density at radius 2 is 1.48 bits per heavy atom. The molecular weight excluding hydrogens is 414 g/mol. The van der Waals surface area contributed by atoms with Gasteiger partial charge in [-0.15, -0.1) is 0 Å². The summed E-state index contributed by atoms with van der Waals surface area (Å²) in [5.74, 6) is -0.0461. The third kappa shape index (κ3) is 9.98. The molecule has 0 atom stereocenters. The molecule has 0 spiro atoms. The van der Waals surface area contributed by atoms with Crippen molar-refractivity contribution in [2.75, 3.05) is 0 Å². The van der Waals surface area contributed by atoms with E-state index in [1.165, 1.54) is 0 Å². The maximum atomic E-state index is 12.0. The van der Waals surface area contributed by atoms with Gasteiger partial charge in [0.15, 0.2) is 0 Å². The number of rotatable bonds is 2. The van der Waals surface area contributed by atoms with E-state index in [4.69, 9.17) is 9.47 Å². The third-order valence-corrected chi connectivity index (χ3v) is 3.75. The zero-order valence-corrected chi connectivity index (χ0v) is 18.5. The molecule has 0 unspecified atom stereocenters. The van der Waals surface area contributed by atoms with E-state index >= 15 is 0 Å². The van der Waals surface area contributed by atoms with Crippen LogP contribution in [-0.2, 0) is 16.0 Å².